The van der Waals surface area contributed by atoms with Crippen LogP contribution in [0.3, 0.4) is 0 Å². The van der Waals surface area contributed by atoms with Crippen LogP contribution >= 0.6 is 0 Å². The van der Waals surface area contributed by atoms with Crippen molar-refractivity contribution in [3.05, 3.63) is 29.8 Å². The second kappa shape index (κ2) is 6.36. The fourth-order valence-corrected chi connectivity index (χ4v) is 2.69. The molecule has 0 fully saturated rings. The Labute approximate surface area is 112 Å². The number of sulfonamides is 1. The predicted molar refractivity (Wildman–Crippen MR) is 71.3 cm³/mol. The number of terminal acetylenes is 1. The number of hydrogen-bond donors (Lipinski definition) is 2. The molecule has 1 aromatic rings. The van der Waals surface area contributed by atoms with Crippen LogP contribution in [0.1, 0.15) is 30.1 Å². The first-order valence-electron chi connectivity index (χ1n) is 5.72. The van der Waals surface area contributed by atoms with E-state index in [1.165, 1.54) is 24.3 Å². The molecule has 5 nitrogen and oxygen atoms in total. The first-order valence-corrected chi connectivity index (χ1v) is 7.21. The lowest BCUT2D eigenvalue weighted by molar-refractivity contribution is 0.0696. The van der Waals surface area contributed by atoms with E-state index in [-0.39, 0.29) is 10.5 Å². The van der Waals surface area contributed by atoms with Gasteiger partial charge in [0.05, 0.1) is 16.5 Å². The lowest BCUT2D eigenvalue weighted by Crippen LogP contribution is -2.33. The number of benzene rings is 1. The molecule has 1 rings (SSSR count). The van der Waals surface area contributed by atoms with Gasteiger partial charge in [-0.2, -0.15) is 4.72 Å². The lowest BCUT2D eigenvalue weighted by atomic mass is 10.2. The maximum absolute atomic E-state index is 12.0. The third-order valence-electron chi connectivity index (χ3n) is 2.49. The molecule has 19 heavy (non-hydrogen) atoms. The summed E-state index contributed by atoms with van der Waals surface area (Å²) < 4.78 is 26.4. The van der Waals surface area contributed by atoms with E-state index in [2.05, 4.69) is 10.6 Å². The maximum Gasteiger partial charge on any atom is 0.335 e. The molecular formula is C13H15NO4S. The van der Waals surface area contributed by atoms with Crippen LogP contribution in [0.15, 0.2) is 29.2 Å². The van der Waals surface area contributed by atoms with Crippen molar-refractivity contribution < 1.29 is 18.3 Å². The van der Waals surface area contributed by atoms with E-state index in [0.29, 0.717) is 6.42 Å². The van der Waals surface area contributed by atoms with E-state index in [1.807, 2.05) is 6.92 Å². The summed E-state index contributed by atoms with van der Waals surface area (Å²) in [7, 11) is -3.72. The molecule has 1 atom stereocenters. The summed E-state index contributed by atoms with van der Waals surface area (Å²) in [5, 5.41) is 8.74. The van der Waals surface area contributed by atoms with Crippen molar-refractivity contribution in [2.75, 3.05) is 0 Å². The summed E-state index contributed by atoms with van der Waals surface area (Å²) in [5.74, 6) is 1.27. The normalized spacial score (nSPS) is 12.6. The van der Waals surface area contributed by atoms with Crippen LogP contribution < -0.4 is 4.72 Å². The number of hydrogen-bond acceptors (Lipinski definition) is 3. The molecule has 0 aliphatic rings. The SMILES string of the molecule is C#CC(CCC)NS(=O)(=O)c1ccc(C(=O)O)cc1. The van der Waals surface area contributed by atoms with E-state index in [9.17, 15) is 13.2 Å². The van der Waals surface area contributed by atoms with E-state index in [4.69, 9.17) is 11.5 Å². The van der Waals surface area contributed by atoms with Gasteiger partial charge in [0.25, 0.3) is 0 Å². The number of carboxylic acid groups (broad SMARTS) is 1. The summed E-state index contributed by atoms with van der Waals surface area (Å²) in [6.07, 6.45) is 6.56. The van der Waals surface area contributed by atoms with Gasteiger partial charge in [-0.3, -0.25) is 0 Å². The van der Waals surface area contributed by atoms with Crippen molar-refractivity contribution in [1.29, 1.82) is 0 Å². The molecule has 6 heteroatoms. The predicted octanol–water partition coefficient (Wildman–Crippen LogP) is 1.47. The van der Waals surface area contributed by atoms with Gasteiger partial charge in [0, 0.05) is 0 Å². The molecule has 0 amide bonds. The van der Waals surface area contributed by atoms with E-state index >= 15 is 0 Å². The molecule has 2 N–H and O–H groups in total. The fourth-order valence-electron chi connectivity index (χ4n) is 1.50. The maximum atomic E-state index is 12.0. The van der Waals surface area contributed by atoms with Gasteiger partial charge in [0.2, 0.25) is 10.0 Å². The van der Waals surface area contributed by atoms with Gasteiger partial charge in [-0.15, -0.1) is 6.42 Å². The van der Waals surface area contributed by atoms with Crippen LogP contribution in [0.5, 0.6) is 0 Å². The minimum absolute atomic E-state index is 0.00569. The third kappa shape index (κ3) is 4.09. The molecular weight excluding hydrogens is 266 g/mol. The molecule has 0 aromatic heterocycles. The Hall–Kier alpha value is -1.84. The van der Waals surface area contributed by atoms with Crippen LogP contribution in [0.25, 0.3) is 0 Å². The summed E-state index contributed by atoms with van der Waals surface area (Å²) >= 11 is 0. The lowest BCUT2D eigenvalue weighted by Gasteiger charge is -2.12. The number of carbonyl (C=O) groups is 1. The monoisotopic (exact) mass is 281 g/mol. The Balaban J connectivity index is 2.94. The first-order chi connectivity index (χ1) is 8.90. The molecule has 0 heterocycles. The van der Waals surface area contributed by atoms with Crippen LogP contribution in [0.2, 0.25) is 0 Å². The van der Waals surface area contributed by atoms with Crippen molar-refractivity contribution in [3.8, 4) is 12.3 Å². The minimum Gasteiger partial charge on any atom is -0.478 e. The van der Waals surface area contributed by atoms with E-state index < -0.39 is 22.0 Å². The van der Waals surface area contributed by atoms with Crippen molar-refractivity contribution in [1.82, 2.24) is 4.72 Å². The Morgan fingerprint density at radius 3 is 2.42 bits per heavy atom. The Morgan fingerprint density at radius 1 is 1.42 bits per heavy atom. The highest BCUT2D eigenvalue weighted by Gasteiger charge is 2.18. The van der Waals surface area contributed by atoms with Gasteiger partial charge in [-0.1, -0.05) is 19.3 Å². The highest BCUT2D eigenvalue weighted by molar-refractivity contribution is 7.89. The molecule has 0 saturated carbocycles. The highest BCUT2D eigenvalue weighted by Crippen LogP contribution is 2.12. The summed E-state index contributed by atoms with van der Waals surface area (Å²) in [6.45, 7) is 1.90. The van der Waals surface area contributed by atoms with Gasteiger partial charge in [0.1, 0.15) is 0 Å². The zero-order valence-electron chi connectivity index (χ0n) is 10.5. The number of nitrogens with one attached hydrogen (secondary N) is 1. The summed E-state index contributed by atoms with van der Waals surface area (Å²) in [6, 6.07) is 4.40. The number of aromatic carboxylic acids is 1. The molecule has 0 aliphatic heterocycles. The molecule has 1 unspecified atom stereocenters. The van der Waals surface area contributed by atoms with Gasteiger partial charge in [-0.25, -0.2) is 13.2 Å². The van der Waals surface area contributed by atoms with Crippen LogP contribution in [0, 0.1) is 12.3 Å². The topological polar surface area (TPSA) is 83.5 Å². The number of rotatable bonds is 6. The average molecular weight is 281 g/mol. The van der Waals surface area contributed by atoms with Crippen molar-refractivity contribution >= 4 is 16.0 Å². The smallest absolute Gasteiger partial charge is 0.335 e. The van der Waals surface area contributed by atoms with Gasteiger partial charge in [0.15, 0.2) is 0 Å². The van der Waals surface area contributed by atoms with Crippen LogP contribution in [0.4, 0.5) is 0 Å². The second-order valence-corrected chi connectivity index (χ2v) is 5.67. The molecule has 1 aromatic carbocycles. The molecule has 0 aliphatic carbocycles. The van der Waals surface area contributed by atoms with E-state index in [0.717, 1.165) is 6.42 Å². The molecule has 0 radical (unpaired) electrons. The third-order valence-corrected chi connectivity index (χ3v) is 3.98. The highest BCUT2D eigenvalue weighted by atomic mass is 32.2. The minimum atomic E-state index is -3.72. The summed E-state index contributed by atoms with van der Waals surface area (Å²) in [5.41, 5.74) is 0.0287. The quantitative estimate of drug-likeness (QED) is 0.773. The van der Waals surface area contributed by atoms with Crippen molar-refractivity contribution in [2.45, 2.75) is 30.7 Å². The number of carboxylic acids is 1. The van der Waals surface area contributed by atoms with Crippen molar-refractivity contribution in [3.63, 3.8) is 0 Å². The largest absolute Gasteiger partial charge is 0.478 e. The Kier molecular flexibility index (Phi) is 5.10. The van der Waals surface area contributed by atoms with Crippen LogP contribution in [-0.4, -0.2) is 25.5 Å². The molecule has 0 spiro atoms. The van der Waals surface area contributed by atoms with Gasteiger partial charge in [-0.05, 0) is 30.7 Å². The van der Waals surface area contributed by atoms with Crippen molar-refractivity contribution in [2.24, 2.45) is 0 Å². The van der Waals surface area contributed by atoms with Gasteiger partial charge >= 0.3 is 5.97 Å². The molecule has 0 bridgehead atoms. The first kappa shape index (κ1) is 15.2. The zero-order valence-corrected chi connectivity index (χ0v) is 11.3. The standard InChI is InChI=1S/C13H15NO4S/c1-3-5-11(4-2)14-19(17,18)12-8-6-10(7-9-12)13(15)16/h2,6-9,11,14H,3,5H2,1H3,(H,15,16). The van der Waals surface area contributed by atoms with Gasteiger partial charge < -0.3 is 5.11 Å². The molecule has 102 valence electrons. The average Bonchev–Trinajstić information content (AvgIpc) is 2.38. The molecule has 0 saturated heterocycles. The van der Waals surface area contributed by atoms with E-state index in [1.54, 1.807) is 0 Å². The van der Waals surface area contributed by atoms with Crippen LogP contribution in [-0.2, 0) is 10.0 Å². The fraction of sp³-hybridized carbons (Fsp3) is 0.308. The Morgan fingerprint density at radius 2 is 2.00 bits per heavy atom. The Bertz CT molecular complexity index is 584. The summed E-state index contributed by atoms with van der Waals surface area (Å²) in [4.78, 5) is 10.7. The second-order valence-electron chi connectivity index (χ2n) is 3.96. The zero-order chi connectivity index (χ0) is 14.5.